The fourth-order valence-electron chi connectivity index (χ4n) is 2.99. The van der Waals surface area contributed by atoms with Crippen LogP contribution >= 0.6 is 0 Å². The van der Waals surface area contributed by atoms with E-state index in [1.165, 1.54) is 0 Å². The minimum atomic E-state index is 0.166. The summed E-state index contributed by atoms with van der Waals surface area (Å²) in [5.41, 5.74) is 1.66. The number of ketones is 1. The highest BCUT2D eigenvalue weighted by molar-refractivity contribution is 5.97. The molecule has 3 rings (SSSR count). The van der Waals surface area contributed by atoms with Gasteiger partial charge in [0.05, 0.1) is 11.9 Å². The van der Waals surface area contributed by atoms with Crippen molar-refractivity contribution in [1.82, 2.24) is 9.78 Å². The molecule has 2 aromatic rings. The van der Waals surface area contributed by atoms with Crippen LogP contribution < -0.4 is 0 Å². The van der Waals surface area contributed by atoms with Crippen LogP contribution in [-0.2, 0) is 0 Å². The number of carbonyl (C=O) groups is 1. The van der Waals surface area contributed by atoms with E-state index in [0.717, 1.165) is 24.9 Å². The van der Waals surface area contributed by atoms with E-state index in [1.54, 1.807) is 10.9 Å². The Bertz CT molecular complexity index is 573. The molecule has 2 unspecified atom stereocenters. The summed E-state index contributed by atoms with van der Waals surface area (Å²) < 4.78 is 1.76. The van der Waals surface area contributed by atoms with Gasteiger partial charge < -0.3 is 0 Å². The first-order valence-corrected chi connectivity index (χ1v) is 6.91. The Morgan fingerprint density at radius 1 is 1.21 bits per heavy atom. The topological polar surface area (TPSA) is 34.9 Å². The fraction of sp³-hybridized carbons (Fsp3) is 0.375. The molecule has 0 saturated heterocycles. The molecule has 1 aliphatic rings. The molecule has 0 spiro atoms. The normalized spacial score (nSPS) is 22.6. The number of Topliss-reactive ketones (excluding diaryl/α,β-unsaturated/α-hetero) is 1. The van der Waals surface area contributed by atoms with Crippen molar-refractivity contribution in [2.75, 3.05) is 0 Å². The molecule has 19 heavy (non-hydrogen) atoms. The van der Waals surface area contributed by atoms with Crippen molar-refractivity contribution < 1.29 is 4.79 Å². The maximum absolute atomic E-state index is 12.7. The Morgan fingerprint density at radius 3 is 2.68 bits per heavy atom. The van der Waals surface area contributed by atoms with Crippen LogP contribution in [0, 0.1) is 11.8 Å². The molecule has 1 aliphatic carbocycles. The van der Waals surface area contributed by atoms with Crippen molar-refractivity contribution in [3.63, 3.8) is 0 Å². The smallest absolute Gasteiger partial charge is 0.184 e. The third kappa shape index (κ3) is 2.21. The average Bonchev–Trinajstić information content (AvgIpc) is 3.07. The van der Waals surface area contributed by atoms with E-state index in [9.17, 15) is 4.79 Å². The van der Waals surface area contributed by atoms with E-state index >= 15 is 0 Å². The van der Waals surface area contributed by atoms with Crippen molar-refractivity contribution in [3.05, 3.63) is 48.3 Å². The molecule has 0 aliphatic heterocycles. The Labute approximate surface area is 113 Å². The predicted octanol–water partition coefficient (Wildman–Crippen LogP) is 3.49. The second kappa shape index (κ2) is 5.00. The largest absolute Gasteiger partial charge is 0.292 e. The van der Waals surface area contributed by atoms with Crippen LogP contribution in [0.4, 0.5) is 0 Å². The van der Waals surface area contributed by atoms with Crippen LogP contribution in [0.25, 0.3) is 5.69 Å². The zero-order valence-electron chi connectivity index (χ0n) is 11.1. The van der Waals surface area contributed by atoms with E-state index in [-0.39, 0.29) is 11.7 Å². The van der Waals surface area contributed by atoms with E-state index in [0.29, 0.717) is 11.6 Å². The van der Waals surface area contributed by atoms with Crippen LogP contribution in [-0.4, -0.2) is 15.6 Å². The first kappa shape index (κ1) is 12.2. The standard InChI is InChI=1S/C16H18N2O/c1-12-6-5-9-14(12)16(19)15-10-11-17-18(15)13-7-3-2-4-8-13/h2-4,7-8,10-12,14H,5-6,9H2,1H3. The summed E-state index contributed by atoms with van der Waals surface area (Å²) in [5, 5.41) is 4.30. The van der Waals surface area contributed by atoms with E-state index in [2.05, 4.69) is 12.0 Å². The number of benzene rings is 1. The molecule has 1 aromatic carbocycles. The van der Waals surface area contributed by atoms with E-state index < -0.39 is 0 Å². The molecule has 1 saturated carbocycles. The van der Waals surface area contributed by atoms with Gasteiger partial charge >= 0.3 is 0 Å². The van der Waals surface area contributed by atoms with E-state index in [1.807, 2.05) is 36.4 Å². The van der Waals surface area contributed by atoms with Gasteiger partial charge in [-0.3, -0.25) is 4.79 Å². The highest BCUT2D eigenvalue weighted by atomic mass is 16.1. The lowest BCUT2D eigenvalue weighted by atomic mass is 9.92. The van der Waals surface area contributed by atoms with Gasteiger partial charge in [0.1, 0.15) is 5.69 Å². The summed E-state index contributed by atoms with van der Waals surface area (Å²) >= 11 is 0. The zero-order valence-corrected chi connectivity index (χ0v) is 11.1. The van der Waals surface area contributed by atoms with Gasteiger partial charge in [-0.25, -0.2) is 4.68 Å². The molecular formula is C16H18N2O. The summed E-state index contributed by atoms with van der Waals surface area (Å²) in [6.07, 6.45) is 5.05. The zero-order chi connectivity index (χ0) is 13.2. The lowest BCUT2D eigenvalue weighted by Crippen LogP contribution is -2.20. The second-order valence-electron chi connectivity index (χ2n) is 5.34. The molecule has 1 aromatic heterocycles. The number of aromatic nitrogens is 2. The number of hydrogen-bond acceptors (Lipinski definition) is 2. The minimum Gasteiger partial charge on any atom is -0.292 e. The molecule has 98 valence electrons. The lowest BCUT2D eigenvalue weighted by Gasteiger charge is -2.14. The molecule has 0 bridgehead atoms. The predicted molar refractivity (Wildman–Crippen MR) is 74.4 cm³/mol. The Kier molecular flexibility index (Phi) is 3.20. The Morgan fingerprint density at radius 2 is 2.00 bits per heavy atom. The molecule has 3 nitrogen and oxygen atoms in total. The Hall–Kier alpha value is -1.90. The van der Waals surface area contributed by atoms with Gasteiger partial charge in [0.25, 0.3) is 0 Å². The molecule has 0 radical (unpaired) electrons. The van der Waals surface area contributed by atoms with Crippen LogP contribution in [0.3, 0.4) is 0 Å². The maximum Gasteiger partial charge on any atom is 0.184 e. The lowest BCUT2D eigenvalue weighted by molar-refractivity contribution is 0.0889. The van der Waals surface area contributed by atoms with Crippen molar-refractivity contribution in [3.8, 4) is 5.69 Å². The highest BCUT2D eigenvalue weighted by Gasteiger charge is 2.32. The number of hydrogen-bond donors (Lipinski definition) is 0. The summed E-state index contributed by atoms with van der Waals surface area (Å²) in [6.45, 7) is 2.18. The van der Waals surface area contributed by atoms with Crippen LogP contribution in [0.15, 0.2) is 42.6 Å². The summed E-state index contributed by atoms with van der Waals surface area (Å²) in [6, 6.07) is 11.7. The van der Waals surface area contributed by atoms with Crippen LogP contribution in [0.1, 0.15) is 36.7 Å². The molecule has 2 atom stereocenters. The summed E-state index contributed by atoms with van der Waals surface area (Å²) in [7, 11) is 0. The quantitative estimate of drug-likeness (QED) is 0.786. The number of rotatable bonds is 3. The van der Waals surface area contributed by atoms with Gasteiger partial charge in [-0.1, -0.05) is 31.5 Å². The van der Waals surface area contributed by atoms with Gasteiger partial charge in [-0.2, -0.15) is 5.10 Å². The third-order valence-electron chi connectivity index (χ3n) is 4.09. The van der Waals surface area contributed by atoms with Gasteiger partial charge in [-0.05, 0) is 37.0 Å². The number of nitrogens with zero attached hydrogens (tertiary/aromatic N) is 2. The van der Waals surface area contributed by atoms with Crippen LogP contribution in [0.5, 0.6) is 0 Å². The maximum atomic E-state index is 12.7. The van der Waals surface area contributed by atoms with Crippen molar-refractivity contribution in [2.45, 2.75) is 26.2 Å². The van der Waals surface area contributed by atoms with Crippen molar-refractivity contribution in [2.24, 2.45) is 11.8 Å². The average molecular weight is 254 g/mol. The number of para-hydroxylation sites is 1. The van der Waals surface area contributed by atoms with Crippen molar-refractivity contribution in [1.29, 1.82) is 0 Å². The SMILES string of the molecule is CC1CCCC1C(=O)c1ccnn1-c1ccccc1. The minimum absolute atomic E-state index is 0.166. The van der Waals surface area contributed by atoms with E-state index in [4.69, 9.17) is 0 Å². The molecule has 1 fully saturated rings. The Balaban J connectivity index is 1.94. The molecule has 0 amide bonds. The fourth-order valence-corrected chi connectivity index (χ4v) is 2.99. The van der Waals surface area contributed by atoms with Crippen LogP contribution in [0.2, 0.25) is 0 Å². The molecule has 3 heteroatoms. The summed E-state index contributed by atoms with van der Waals surface area (Å²) in [5.74, 6) is 0.900. The second-order valence-corrected chi connectivity index (χ2v) is 5.34. The first-order valence-electron chi connectivity index (χ1n) is 6.91. The highest BCUT2D eigenvalue weighted by Crippen LogP contribution is 2.33. The third-order valence-corrected chi connectivity index (χ3v) is 4.09. The first-order chi connectivity index (χ1) is 9.27. The molecule has 1 heterocycles. The summed E-state index contributed by atoms with van der Waals surface area (Å²) in [4.78, 5) is 12.7. The van der Waals surface area contributed by atoms with Gasteiger partial charge in [-0.15, -0.1) is 0 Å². The molecular weight excluding hydrogens is 236 g/mol. The molecule has 0 N–H and O–H groups in total. The van der Waals surface area contributed by atoms with Gasteiger partial charge in [0.15, 0.2) is 5.78 Å². The van der Waals surface area contributed by atoms with Crippen molar-refractivity contribution >= 4 is 5.78 Å². The van der Waals surface area contributed by atoms with Gasteiger partial charge in [0, 0.05) is 5.92 Å². The van der Waals surface area contributed by atoms with Gasteiger partial charge in [0.2, 0.25) is 0 Å². The monoisotopic (exact) mass is 254 g/mol. The number of carbonyl (C=O) groups excluding carboxylic acids is 1.